The lowest BCUT2D eigenvalue weighted by atomic mass is 10.2. The summed E-state index contributed by atoms with van der Waals surface area (Å²) in [5, 5.41) is 0. The number of nitrogens with one attached hydrogen (secondary N) is 1. The molecule has 0 saturated carbocycles. The summed E-state index contributed by atoms with van der Waals surface area (Å²) in [6.07, 6.45) is -1.29. The fraction of sp³-hybridized carbons (Fsp3) is 0.357. The van der Waals surface area contributed by atoms with Crippen LogP contribution >= 0.6 is 0 Å². The SMILES string of the molecule is Cc1[nH]cnc1CCCOc1cccc(C(F)(F)F)c1. The van der Waals surface area contributed by atoms with E-state index in [0.29, 0.717) is 13.0 Å². The Morgan fingerprint density at radius 3 is 2.75 bits per heavy atom. The van der Waals surface area contributed by atoms with Crippen molar-refractivity contribution >= 4 is 0 Å². The molecule has 0 aliphatic heterocycles. The van der Waals surface area contributed by atoms with Crippen LogP contribution in [0, 0.1) is 6.92 Å². The smallest absolute Gasteiger partial charge is 0.416 e. The number of aromatic nitrogens is 2. The van der Waals surface area contributed by atoms with Crippen molar-refractivity contribution in [2.45, 2.75) is 25.9 Å². The Balaban J connectivity index is 1.84. The highest BCUT2D eigenvalue weighted by molar-refractivity contribution is 5.30. The molecule has 2 rings (SSSR count). The Hall–Kier alpha value is -1.98. The van der Waals surface area contributed by atoms with Gasteiger partial charge < -0.3 is 9.72 Å². The third-order valence-corrected chi connectivity index (χ3v) is 2.92. The topological polar surface area (TPSA) is 37.9 Å². The van der Waals surface area contributed by atoms with E-state index >= 15 is 0 Å². The van der Waals surface area contributed by atoms with Crippen molar-refractivity contribution < 1.29 is 17.9 Å². The summed E-state index contributed by atoms with van der Waals surface area (Å²) >= 11 is 0. The summed E-state index contributed by atoms with van der Waals surface area (Å²) in [6, 6.07) is 4.91. The Morgan fingerprint density at radius 2 is 2.10 bits per heavy atom. The Morgan fingerprint density at radius 1 is 1.30 bits per heavy atom. The summed E-state index contributed by atoms with van der Waals surface area (Å²) < 4.78 is 42.9. The van der Waals surface area contributed by atoms with E-state index in [0.717, 1.165) is 29.9 Å². The number of hydrogen-bond donors (Lipinski definition) is 1. The van der Waals surface area contributed by atoms with Crippen molar-refractivity contribution in [3.05, 3.63) is 47.5 Å². The zero-order chi connectivity index (χ0) is 14.6. The number of aromatic amines is 1. The van der Waals surface area contributed by atoms with Crippen LogP contribution in [0.25, 0.3) is 0 Å². The number of benzene rings is 1. The van der Waals surface area contributed by atoms with Crippen LogP contribution in [-0.4, -0.2) is 16.6 Å². The molecule has 3 nitrogen and oxygen atoms in total. The van der Waals surface area contributed by atoms with Gasteiger partial charge in [-0.3, -0.25) is 0 Å². The van der Waals surface area contributed by atoms with Gasteiger partial charge >= 0.3 is 6.18 Å². The first-order valence-corrected chi connectivity index (χ1v) is 6.26. The van der Waals surface area contributed by atoms with E-state index in [4.69, 9.17) is 4.74 Å². The normalized spacial score (nSPS) is 11.6. The van der Waals surface area contributed by atoms with Crippen molar-refractivity contribution in [2.24, 2.45) is 0 Å². The van der Waals surface area contributed by atoms with Gasteiger partial charge in [0.1, 0.15) is 5.75 Å². The van der Waals surface area contributed by atoms with E-state index < -0.39 is 11.7 Å². The first kappa shape index (κ1) is 14.4. The summed E-state index contributed by atoms with van der Waals surface area (Å²) in [5.74, 6) is 0.235. The molecular formula is C14H15F3N2O. The number of H-pyrrole nitrogens is 1. The van der Waals surface area contributed by atoms with Crippen LogP contribution in [-0.2, 0) is 12.6 Å². The molecule has 0 radical (unpaired) electrons. The fourth-order valence-corrected chi connectivity index (χ4v) is 1.83. The predicted molar refractivity (Wildman–Crippen MR) is 68.6 cm³/mol. The molecule has 1 aromatic carbocycles. The molecule has 0 fully saturated rings. The molecule has 1 aromatic heterocycles. The Labute approximate surface area is 114 Å². The van der Waals surface area contributed by atoms with Crippen molar-refractivity contribution in [3.8, 4) is 5.75 Å². The second-order valence-electron chi connectivity index (χ2n) is 4.45. The molecule has 1 heterocycles. The average Bonchev–Trinajstić information content (AvgIpc) is 2.80. The van der Waals surface area contributed by atoms with E-state index in [-0.39, 0.29) is 5.75 Å². The van der Waals surface area contributed by atoms with E-state index in [2.05, 4.69) is 9.97 Å². The number of aryl methyl sites for hydroxylation is 2. The largest absolute Gasteiger partial charge is 0.494 e. The lowest BCUT2D eigenvalue weighted by molar-refractivity contribution is -0.137. The highest BCUT2D eigenvalue weighted by Crippen LogP contribution is 2.31. The quantitative estimate of drug-likeness (QED) is 0.849. The molecule has 6 heteroatoms. The second kappa shape index (κ2) is 5.98. The van der Waals surface area contributed by atoms with Crippen LogP contribution < -0.4 is 4.74 Å². The second-order valence-corrected chi connectivity index (χ2v) is 4.45. The van der Waals surface area contributed by atoms with Gasteiger partial charge in [-0.2, -0.15) is 13.2 Å². The van der Waals surface area contributed by atoms with Crippen molar-refractivity contribution in [2.75, 3.05) is 6.61 Å². The third kappa shape index (κ3) is 3.76. The molecule has 20 heavy (non-hydrogen) atoms. The minimum absolute atomic E-state index is 0.235. The van der Waals surface area contributed by atoms with Crippen LogP contribution in [0.4, 0.5) is 13.2 Å². The monoisotopic (exact) mass is 284 g/mol. The molecule has 0 spiro atoms. The zero-order valence-corrected chi connectivity index (χ0v) is 11.0. The summed E-state index contributed by atoms with van der Waals surface area (Å²) in [6.45, 7) is 2.28. The van der Waals surface area contributed by atoms with Gasteiger partial charge in [0, 0.05) is 5.69 Å². The molecule has 1 N–H and O–H groups in total. The predicted octanol–water partition coefficient (Wildman–Crippen LogP) is 3.75. The van der Waals surface area contributed by atoms with Gasteiger partial charge in [0.15, 0.2) is 0 Å². The van der Waals surface area contributed by atoms with Gasteiger partial charge in [-0.15, -0.1) is 0 Å². The van der Waals surface area contributed by atoms with E-state index in [1.165, 1.54) is 12.1 Å². The number of ether oxygens (including phenoxy) is 1. The highest BCUT2D eigenvalue weighted by Gasteiger charge is 2.30. The van der Waals surface area contributed by atoms with Crippen molar-refractivity contribution in [1.29, 1.82) is 0 Å². The highest BCUT2D eigenvalue weighted by atomic mass is 19.4. The first-order valence-electron chi connectivity index (χ1n) is 6.26. The van der Waals surface area contributed by atoms with Gasteiger partial charge in [-0.1, -0.05) is 6.07 Å². The number of nitrogens with zero attached hydrogens (tertiary/aromatic N) is 1. The molecule has 0 saturated heterocycles. The number of imidazole rings is 1. The maximum absolute atomic E-state index is 12.5. The molecule has 0 unspecified atom stereocenters. The lowest BCUT2D eigenvalue weighted by Crippen LogP contribution is -2.06. The van der Waals surface area contributed by atoms with Gasteiger partial charge in [0.2, 0.25) is 0 Å². The number of rotatable bonds is 5. The summed E-state index contributed by atoms with van der Waals surface area (Å²) in [4.78, 5) is 7.12. The summed E-state index contributed by atoms with van der Waals surface area (Å²) in [5.41, 5.74) is 1.26. The number of alkyl halides is 3. The van der Waals surface area contributed by atoms with Crippen LogP contribution in [0.2, 0.25) is 0 Å². The van der Waals surface area contributed by atoms with E-state index in [1.54, 1.807) is 6.33 Å². The third-order valence-electron chi connectivity index (χ3n) is 2.92. The Bertz CT molecular complexity index is 564. The molecule has 0 aliphatic rings. The van der Waals surface area contributed by atoms with Gasteiger partial charge in [-0.05, 0) is 38.0 Å². The summed E-state index contributed by atoms with van der Waals surface area (Å²) in [7, 11) is 0. The molecule has 0 aliphatic carbocycles. The van der Waals surface area contributed by atoms with Gasteiger partial charge in [-0.25, -0.2) is 4.98 Å². The molecule has 0 amide bonds. The average molecular weight is 284 g/mol. The lowest BCUT2D eigenvalue weighted by Gasteiger charge is -2.10. The molecule has 108 valence electrons. The minimum atomic E-state index is -4.34. The first-order chi connectivity index (χ1) is 9.47. The van der Waals surface area contributed by atoms with E-state index in [1.807, 2.05) is 6.92 Å². The molecule has 0 bridgehead atoms. The molecular weight excluding hydrogens is 269 g/mol. The molecule has 0 atom stereocenters. The maximum Gasteiger partial charge on any atom is 0.416 e. The Kier molecular flexibility index (Phi) is 4.32. The van der Waals surface area contributed by atoms with Crippen LogP contribution in [0.15, 0.2) is 30.6 Å². The minimum Gasteiger partial charge on any atom is -0.494 e. The maximum atomic E-state index is 12.5. The zero-order valence-electron chi connectivity index (χ0n) is 11.0. The number of halogens is 3. The molecule has 2 aromatic rings. The van der Waals surface area contributed by atoms with Crippen LogP contribution in [0.1, 0.15) is 23.4 Å². The van der Waals surface area contributed by atoms with Crippen LogP contribution in [0.5, 0.6) is 5.75 Å². The van der Waals surface area contributed by atoms with Crippen molar-refractivity contribution in [1.82, 2.24) is 9.97 Å². The number of hydrogen-bond acceptors (Lipinski definition) is 2. The van der Waals surface area contributed by atoms with Gasteiger partial charge in [0.25, 0.3) is 0 Å². The fourth-order valence-electron chi connectivity index (χ4n) is 1.83. The van der Waals surface area contributed by atoms with E-state index in [9.17, 15) is 13.2 Å². The van der Waals surface area contributed by atoms with Gasteiger partial charge in [0.05, 0.1) is 24.2 Å². The van der Waals surface area contributed by atoms with Crippen molar-refractivity contribution in [3.63, 3.8) is 0 Å². The van der Waals surface area contributed by atoms with Crippen LogP contribution in [0.3, 0.4) is 0 Å². The standard InChI is InChI=1S/C14H15F3N2O/c1-10-13(19-9-18-10)6-3-7-20-12-5-2-4-11(8-12)14(15,16)17/h2,4-5,8-9H,3,6-7H2,1H3,(H,18,19).